The van der Waals surface area contributed by atoms with Gasteiger partial charge in [-0.05, 0) is 24.5 Å². The molecule has 1 aromatic rings. The van der Waals surface area contributed by atoms with E-state index in [0.717, 1.165) is 5.82 Å². The molecule has 0 aromatic carbocycles. The van der Waals surface area contributed by atoms with Crippen molar-refractivity contribution >= 4 is 5.82 Å². The van der Waals surface area contributed by atoms with E-state index >= 15 is 0 Å². The maximum absolute atomic E-state index is 8.70. The van der Waals surface area contributed by atoms with E-state index in [0.29, 0.717) is 11.6 Å². The fraction of sp³-hybridized carbons (Fsp3) is 0.538. The Hall–Kier alpha value is -1.56. The second kappa shape index (κ2) is 4.52. The molecular weight excluding hydrogens is 198 g/mol. The highest BCUT2D eigenvalue weighted by molar-refractivity contribution is 5.42. The van der Waals surface area contributed by atoms with Gasteiger partial charge in [0.25, 0.3) is 0 Å². The fourth-order valence-corrected chi connectivity index (χ4v) is 1.44. The number of nitriles is 1. The van der Waals surface area contributed by atoms with E-state index in [1.165, 1.54) is 0 Å². The van der Waals surface area contributed by atoms with Crippen molar-refractivity contribution in [2.24, 2.45) is 5.41 Å². The first-order chi connectivity index (χ1) is 7.36. The molecule has 1 rings (SSSR count). The molecule has 0 bridgehead atoms. The zero-order chi connectivity index (χ0) is 12.3. The first kappa shape index (κ1) is 12.5. The third kappa shape index (κ3) is 2.73. The van der Waals surface area contributed by atoms with Crippen molar-refractivity contribution in [2.45, 2.75) is 33.7 Å². The van der Waals surface area contributed by atoms with Crippen molar-refractivity contribution in [3.63, 3.8) is 0 Å². The molecule has 0 saturated carbocycles. The molecule has 0 radical (unpaired) electrons. The summed E-state index contributed by atoms with van der Waals surface area (Å²) in [5.41, 5.74) is 0.796. The average Bonchev–Trinajstić information content (AvgIpc) is 2.26. The number of aromatic nitrogens is 1. The smallest absolute Gasteiger partial charge is 0.128 e. The lowest BCUT2D eigenvalue weighted by Gasteiger charge is -2.36. The first-order valence-corrected chi connectivity index (χ1v) is 5.45. The highest BCUT2D eigenvalue weighted by atomic mass is 15.2. The Morgan fingerprint density at radius 1 is 1.38 bits per heavy atom. The molecule has 0 aliphatic rings. The second-order valence-electron chi connectivity index (χ2n) is 5.17. The lowest BCUT2D eigenvalue weighted by molar-refractivity contribution is 0.328. The topological polar surface area (TPSA) is 39.9 Å². The van der Waals surface area contributed by atoms with Crippen molar-refractivity contribution in [2.75, 3.05) is 11.9 Å². The number of anilines is 1. The summed E-state index contributed by atoms with van der Waals surface area (Å²) in [5, 5.41) is 8.70. The Bertz CT molecular complexity index is 381. The molecule has 86 valence electrons. The van der Waals surface area contributed by atoms with Gasteiger partial charge in [-0.1, -0.05) is 20.8 Å². The molecule has 1 heterocycles. The number of nitrogens with zero attached hydrogens (tertiary/aromatic N) is 3. The standard InChI is InChI=1S/C13H19N3/c1-10(13(2,3)4)16(5)12-7-6-11(8-14)9-15-12/h6-7,9-10H,1-5H3. The lowest BCUT2D eigenvalue weighted by Crippen LogP contribution is -2.39. The predicted octanol–water partition coefficient (Wildman–Crippen LogP) is 2.82. The number of pyridine rings is 1. The number of rotatable bonds is 2. The van der Waals surface area contributed by atoms with Gasteiger partial charge in [-0.15, -0.1) is 0 Å². The number of hydrogen-bond acceptors (Lipinski definition) is 3. The lowest BCUT2D eigenvalue weighted by atomic mass is 9.87. The predicted molar refractivity (Wildman–Crippen MR) is 66.3 cm³/mol. The second-order valence-corrected chi connectivity index (χ2v) is 5.17. The first-order valence-electron chi connectivity index (χ1n) is 5.45. The summed E-state index contributed by atoms with van der Waals surface area (Å²) < 4.78 is 0. The van der Waals surface area contributed by atoms with E-state index in [1.54, 1.807) is 12.3 Å². The molecule has 1 atom stereocenters. The van der Waals surface area contributed by atoms with Gasteiger partial charge in [-0.25, -0.2) is 4.98 Å². The normalized spacial score (nSPS) is 13.0. The van der Waals surface area contributed by atoms with Gasteiger partial charge >= 0.3 is 0 Å². The van der Waals surface area contributed by atoms with Crippen LogP contribution >= 0.6 is 0 Å². The van der Waals surface area contributed by atoms with Crippen LogP contribution in [0.25, 0.3) is 0 Å². The van der Waals surface area contributed by atoms with E-state index in [1.807, 2.05) is 13.1 Å². The van der Waals surface area contributed by atoms with Crippen LogP contribution in [-0.2, 0) is 0 Å². The third-order valence-electron chi connectivity index (χ3n) is 3.07. The van der Waals surface area contributed by atoms with Crippen molar-refractivity contribution < 1.29 is 0 Å². The summed E-state index contributed by atoms with van der Waals surface area (Å²) in [7, 11) is 2.03. The van der Waals surface area contributed by atoms with Crippen LogP contribution < -0.4 is 4.90 Å². The molecule has 3 heteroatoms. The van der Waals surface area contributed by atoms with Gasteiger partial charge in [0, 0.05) is 19.3 Å². The van der Waals surface area contributed by atoms with Gasteiger partial charge < -0.3 is 4.90 Å². The van der Waals surface area contributed by atoms with Crippen LogP contribution in [-0.4, -0.2) is 18.1 Å². The SMILES string of the molecule is CC(N(C)c1ccc(C#N)cn1)C(C)(C)C. The van der Waals surface area contributed by atoms with Crippen LogP contribution in [0.4, 0.5) is 5.82 Å². The average molecular weight is 217 g/mol. The van der Waals surface area contributed by atoms with E-state index < -0.39 is 0 Å². The molecule has 1 aromatic heterocycles. The summed E-state index contributed by atoms with van der Waals surface area (Å²) in [4.78, 5) is 6.43. The zero-order valence-electron chi connectivity index (χ0n) is 10.7. The molecule has 0 saturated heterocycles. The van der Waals surface area contributed by atoms with E-state index in [9.17, 15) is 0 Å². The van der Waals surface area contributed by atoms with Crippen LogP contribution in [0.5, 0.6) is 0 Å². The van der Waals surface area contributed by atoms with Gasteiger partial charge in [-0.3, -0.25) is 0 Å². The van der Waals surface area contributed by atoms with Crippen molar-refractivity contribution in [1.82, 2.24) is 4.98 Å². The van der Waals surface area contributed by atoms with Gasteiger partial charge in [-0.2, -0.15) is 5.26 Å². The minimum absolute atomic E-state index is 0.199. The monoisotopic (exact) mass is 217 g/mol. The third-order valence-corrected chi connectivity index (χ3v) is 3.07. The molecular formula is C13H19N3. The Balaban J connectivity index is 2.89. The Morgan fingerprint density at radius 3 is 2.38 bits per heavy atom. The zero-order valence-corrected chi connectivity index (χ0v) is 10.7. The van der Waals surface area contributed by atoms with Crippen LogP contribution in [0.3, 0.4) is 0 Å². The number of hydrogen-bond donors (Lipinski definition) is 0. The van der Waals surface area contributed by atoms with E-state index in [-0.39, 0.29) is 5.41 Å². The van der Waals surface area contributed by atoms with Crippen LogP contribution in [0, 0.1) is 16.7 Å². The van der Waals surface area contributed by atoms with E-state index in [2.05, 4.69) is 43.6 Å². The van der Waals surface area contributed by atoms with Crippen LogP contribution in [0.2, 0.25) is 0 Å². The summed E-state index contributed by atoms with van der Waals surface area (Å²) in [5.74, 6) is 0.904. The van der Waals surface area contributed by atoms with Gasteiger partial charge in [0.05, 0.1) is 5.56 Å². The molecule has 3 nitrogen and oxygen atoms in total. The van der Waals surface area contributed by atoms with Gasteiger partial charge in [0.1, 0.15) is 11.9 Å². The van der Waals surface area contributed by atoms with Crippen molar-refractivity contribution in [3.05, 3.63) is 23.9 Å². The quantitative estimate of drug-likeness (QED) is 0.764. The molecule has 0 fully saturated rings. The molecule has 1 unspecified atom stereocenters. The Morgan fingerprint density at radius 2 is 2.00 bits per heavy atom. The van der Waals surface area contributed by atoms with Crippen molar-refractivity contribution in [3.8, 4) is 6.07 Å². The van der Waals surface area contributed by atoms with Crippen molar-refractivity contribution in [1.29, 1.82) is 5.26 Å². The molecule has 16 heavy (non-hydrogen) atoms. The Labute approximate surface area is 97.7 Å². The fourth-order valence-electron chi connectivity index (χ4n) is 1.44. The summed E-state index contributed by atoms with van der Waals surface area (Å²) in [6.45, 7) is 8.80. The summed E-state index contributed by atoms with van der Waals surface area (Å²) >= 11 is 0. The van der Waals surface area contributed by atoms with Gasteiger partial charge in [0.15, 0.2) is 0 Å². The summed E-state index contributed by atoms with van der Waals surface area (Å²) in [6, 6.07) is 6.14. The molecule has 0 amide bonds. The minimum atomic E-state index is 0.199. The van der Waals surface area contributed by atoms with Crippen LogP contribution in [0.15, 0.2) is 18.3 Å². The summed E-state index contributed by atoms with van der Waals surface area (Å²) in [6.07, 6.45) is 1.61. The maximum atomic E-state index is 8.70. The minimum Gasteiger partial charge on any atom is -0.356 e. The largest absolute Gasteiger partial charge is 0.356 e. The highest BCUT2D eigenvalue weighted by Gasteiger charge is 2.24. The maximum Gasteiger partial charge on any atom is 0.128 e. The van der Waals surface area contributed by atoms with Gasteiger partial charge in [0.2, 0.25) is 0 Å². The molecule has 0 spiro atoms. The van der Waals surface area contributed by atoms with E-state index in [4.69, 9.17) is 5.26 Å². The molecule has 0 aliphatic heterocycles. The Kier molecular flexibility index (Phi) is 3.54. The molecule has 0 N–H and O–H groups in total. The van der Waals surface area contributed by atoms with Crippen LogP contribution in [0.1, 0.15) is 33.3 Å². The highest BCUT2D eigenvalue weighted by Crippen LogP contribution is 2.26. The molecule has 0 aliphatic carbocycles.